The first kappa shape index (κ1) is 19.4. The third-order valence-corrected chi connectivity index (χ3v) is 5.58. The molecule has 0 saturated heterocycles. The quantitative estimate of drug-likeness (QED) is 0.264. The number of fused-ring (bicyclic) bond motifs is 1. The van der Waals surface area contributed by atoms with Crippen LogP contribution in [0.2, 0.25) is 0 Å². The maximum Gasteiger partial charge on any atom is 0.0784 e. The SMILES string of the molecule is [CH2-]c1ccccc1C1=Nc2ccccc2C1(c1ccccc1)c1ccccc1.[Ir]. The van der Waals surface area contributed by atoms with Gasteiger partial charge in [-0.1, -0.05) is 84.9 Å². The minimum absolute atomic E-state index is 0. The van der Waals surface area contributed by atoms with E-state index in [4.69, 9.17) is 4.99 Å². The molecule has 0 unspecified atom stereocenters. The summed E-state index contributed by atoms with van der Waals surface area (Å²) in [7, 11) is 0. The zero-order chi connectivity index (χ0) is 19.0. The Morgan fingerprint density at radius 2 is 1.10 bits per heavy atom. The molecular formula is C27H20IrN-. The zero-order valence-electron chi connectivity index (χ0n) is 15.9. The average Bonchev–Trinajstić information content (AvgIpc) is 3.11. The third kappa shape index (κ3) is 2.97. The summed E-state index contributed by atoms with van der Waals surface area (Å²) in [5.41, 5.74) is 7.32. The molecule has 1 heterocycles. The van der Waals surface area contributed by atoms with Crippen LogP contribution in [0.5, 0.6) is 0 Å². The first-order valence-electron chi connectivity index (χ1n) is 9.53. The van der Waals surface area contributed by atoms with Crippen molar-refractivity contribution in [2.45, 2.75) is 5.41 Å². The van der Waals surface area contributed by atoms with Crippen molar-refractivity contribution in [2.75, 3.05) is 0 Å². The van der Waals surface area contributed by atoms with Crippen LogP contribution in [0.15, 0.2) is 114 Å². The molecule has 1 nitrogen and oxygen atoms in total. The Morgan fingerprint density at radius 1 is 0.586 bits per heavy atom. The summed E-state index contributed by atoms with van der Waals surface area (Å²) >= 11 is 0. The van der Waals surface area contributed by atoms with E-state index in [1.807, 2.05) is 6.07 Å². The van der Waals surface area contributed by atoms with Crippen LogP contribution in [0.25, 0.3) is 0 Å². The Bertz CT molecular complexity index is 1120. The average molecular weight is 551 g/mol. The van der Waals surface area contributed by atoms with Crippen LogP contribution in [0.4, 0.5) is 5.69 Å². The molecule has 4 aromatic carbocycles. The zero-order valence-corrected chi connectivity index (χ0v) is 18.3. The molecule has 0 N–H and O–H groups in total. The minimum atomic E-state index is -0.465. The fourth-order valence-corrected chi connectivity index (χ4v) is 4.36. The number of nitrogens with zero attached hydrogens (tertiary/aromatic N) is 1. The molecule has 143 valence electrons. The summed E-state index contributed by atoms with van der Waals surface area (Å²) in [6, 6.07) is 38.1. The number of benzene rings is 4. The van der Waals surface area contributed by atoms with Gasteiger partial charge in [0.2, 0.25) is 0 Å². The van der Waals surface area contributed by atoms with E-state index in [1.54, 1.807) is 0 Å². The summed E-state index contributed by atoms with van der Waals surface area (Å²) in [6.07, 6.45) is 0. The third-order valence-electron chi connectivity index (χ3n) is 5.58. The van der Waals surface area contributed by atoms with Gasteiger partial charge < -0.3 is 0 Å². The second-order valence-corrected chi connectivity index (χ2v) is 7.12. The van der Waals surface area contributed by atoms with Crippen molar-refractivity contribution in [1.29, 1.82) is 0 Å². The van der Waals surface area contributed by atoms with Crippen molar-refractivity contribution < 1.29 is 20.1 Å². The molecule has 5 rings (SSSR count). The topological polar surface area (TPSA) is 12.4 Å². The van der Waals surface area contributed by atoms with Crippen LogP contribution in [0, 0.1) is 6.92 Å². The summed E-state index contributed by atoms with van der Waals surface area (Å²) in [6.45, 7) is 4.30. The van der Waals surface area contributed by atoms with Crippen LogP contribution >= 0.6 is 0 Å². The van der Waals surface area contributed by atoms with Crippen molar-refractivity contribution in [3.05, 3.63) is 144 Å². The van der Waals surface area contributed by atoms with Crippen molar-refractivity contribution in [1.82, 2.24) is 0 Å². The van der Waals surface area contributed by atoms with Gasteiger partial charge in [-0.3, -0.25) is 4.99 Å². The Kier molecular flexibility index (Phi) is 5.23. The smallest absolute Gasteiger partial charge is 0.0784 e. The first-order chi connectivity index (χ1) is 13.8. The van der Waals surface area contributed by atoms with Gasteiger partial charge in [-0.05, 0) is 22.8 Å². The summed E-state index contributed by atoms with van der Waals surface area (Å²) < 4.78 is 0. The van der Waals surface area contributed by atoms with E-state index in [-0.39, 0.29) is 20.1 Å². The monoisotopic (exact) mass is 551 g/mol. The van der Waals surface area contributed by atoms with Gasteiger partial charge in [0.1, 0.15) is 0 Å². The van der Waals surface area contributed by atoms with Gasteiger partial charge in [0.15, 0.2) is 0 Å². The van der Waals surface area contributed by atoms with E-state index in [0.29, 0.717) is 0 Å². The number of hydrogen-bond acceptors (Lipinski definition) is 1. The minimum Gasteiger partial charge on any atom is -0.264 e. The van der Waals surface area contributed by atoms with Crippen molar-refractivity contribution in [3.63, 3.8) is 0 Å². The van der Waals surface area contributed by atoms with E-state index in [2.05, 4.69) is 110 Å². The molecule has 29 heavy (non-hydrogen) atoms. The normalized spacial score (nSPS) is 13.9. The maximum absolute atomic E-state index is 5.17. The van der Waals surface area contributed by atoms with Gasteiger partial charge >= 0.3 is 0 Å². The molecule has 0 aliphatic carbocycles. The molecule has 0 spiro atoms. The molecule has 0 amide bonds. The number of aliphatic imine (C=N–C) groups is 1. The van der Waals surface area contributed by atoms with E-state index < -0.39 is 5.41 Å². The van der Waals surface area contributed by atoms with Gasteiger partial charge in [0.05, 0.1) is 11.1 Å². The molecule has 0 aromatic heterocycles. The molecule has 1 aliphatic heterocycles. The van der Waals surface area contributed by atoms with E-state index in [0.717, 1.165) is 22.5 Å². The van der Waals surface area contributed by atoms with Gasteiger partial charge in [-0.25, -0.2) is 0 Å². The molecular weight excluding hydrogens is 531 g/mol. The van der Waals surface area contributed by atoms with Crippen molar-refractivity contribution in [3.8, 4) is 0 Å². The fourth-order valence-electron chi connectivity index (χ4n) is 4.36. The molecule has 0 atom stereocenters. The van der Waals surface area contributed by atoms with Crippen LogP contribution in [-0.4, -0.2) is 5.71 Å². The second kappa shape index (κ2) is 7.83. The van der Waals surface area contributed by atoms with Crippen molar-refractivity contribution >= 4 is 11.4 Å². The standard InChI is InChI=1S/C27H20N.Ir/c1-20-12-8-9-17-23(20)26-27(21-13-4-2-5-14-21,22-15-6-3-7-16-22)24-18-10-11-19-25(24)28-26;/h2-19H,1H2;/q-1;. The van der Waals surface area contributed by atoms with E-state index >= 15 is 0 Å². The Hall–Kier alpha value is -2.93. The first-order valence-corrected chi connectivity index (χ1v) is 9.53. The van der Waals surface area contributed by atoms with Crippen molar-refractivity contribution in [2.24, 2.45) is 4.99 Å². The van der Waals surface area contributed by atoms with Crippen LogP contribution in [0.3, 0.4) is 0 Å². The number of para-hydroxylation sites is 1. The largest absolute Gasteiger partial charge is 0.264 e. The Morgan fingerprint density at radius 3 is 1.72 bits per heavy atom. The molecule has 0 fully saturated rings. The van der Waals surface area contributed by atoms with Gasteiger partial charge in [-0.2, -0.15) is 18.6 Å². The van der Waals surface area contributed by atoms with Crippen LogP contribution in [0.1, 0.15) is 27.8 Å². The van der Waals surface area contributed by atoms with E-state index in [1.165, 1.54) is 16.7 Å². The van der Waals surface area contributed by atoms with Gasteiger partial charge in [0.25, 0.3) is 0 Å². The number of hydrogen-bond donors (Lipinski definition) is 0. The molecule has 1 aliphatic rings. The van der Waals surface area contributed by atoms with Crippen LogP contribution in [-0.2, 0) is 25.5 Å². The van der Waals surface area contributed by atoms with Gasteiger partial charge in [-0.15, -0.1) is 17.7 Å². The Labute approximate surface area is 185 Å². The Balaban J connectivity index is 0.00000205. The maximum atomic E-state index is 5.17. The molecule has 2 heteroatoms. The summed E-state index contributed by atoms with van der Waals surface area (Å²) in [4.78, 5) is 5.17. The van der Waals surface area contributed by atoms with Crippen LogP contribution < -0.4 is 0 Å². The molecule has 0 bridgehead atoms. The molecule has 0 saturated carbocycles. The second-order valence-electron chi connectivity index (χ2n) is 7.12. The summed E-state index contributed by atoms with van der Waals surface area (Å²) in [5, 5.41) is 0. The predicted molar refractivity (Wildman–Crippen MR) is 116 cm³/mol. The number of rotatable bonds is 3. The predicted octanol–water partition coefficient (Wildman–Crippen LogP) is 6.34. The summed E-state index contributed by atoms with van der Waals surface area (Å²) in [5.74, 6) is 0. The van der Waals surface area contributed by atoms with Gasteiger partial charge in [0, 0.05) is 25.8 Å². The molecule has 4 aromatic rings. The van der Waals surface area contributed by atoms with E-state index in [9.17, 15) is 0 Å². The fraction of sp³-hybridized carbons (Fsp3) is 0.0370. The molecule has 1 radical (unpaired) electrons.